The normalized spacial score (nSPS) is 12.7. The van der Waals surface area contributed by atoms with Crippen LogP contribution in [0.3, 0.4) is 0 Å². The molecule has 2 rings (SSSR count). The Kier molecular flexibility index (Phi) is 6.28. The van der Waals surface area contributed by atoms with Crippen LogP contribution in [0.25, 0.3) is 0 Å². The van der Waals surface area contributed by atoms with E-state index in [9.17, 15) is 13.2 Å². The van der Waals surface area contributed by atoms with Gasteiger partial charge < -0.3 is 5.32 Å². The molecule has 0 fully saturated rings. The second kappa shape index (κ2) is 7.84. The minimum atomic E-state index is -3.81. The van der Waals surface area contributed by atoms with Crippen molar-refractivity contribution in [1.82, 2.24) is 4.72 Å². The fourth-order valence-electron chi connectivity index (χ4n) is 1.84. The minimum absolute atomic E-state index is 0.0659. The lowest BCUT2D eigenvalue weighted by Gasteiger charge is -2.15. The molecule has 0 saturated carbocycles. The molecule has 0 aromatic heterocycles. The molecule has 0 bridgehead atoms. The van der Waals surface area contributed by atoms with E-state index in [4.69, 9.17) is 23.2 Å². The molecule has 2 aromatic carbocycles. The van der Waals surface area contributed by atoms with Crippen LogP contribution in [0, 0.1) is 0 Å². The third-order valence-corrected chi connectivity index (χ3v) is 5.50. The molecule has 5 nitrogen and oxygen atoms in total. The van der Waals surface area contributed by atoms with E-state index < -0.39 is 22.0 Å². The van der Waals surface area contributed by atoms with E-state index in [0.717, 1.165) is 4.47 Å². The first-order valence-electron chi connectivity index (χ1n) is 6.72. The maximum atomic E-state index is 12.3. The molecular formula is C15H13BrCl2N2O3S. The van der Waals surface area contributed by atoms with Crippen molar-refractivity contribution in [3.63, 3.8) is 0 Å². The Morgan fingerprint density at radius 2 is 1.62 bits per heavy atom. The number of nitrogens with one attached hydrogen (secondary N) is 2. The van der Waals surface area contributed by atoms with E-state index in [1.807, 2.05) is 0 Å². The maximum absolute atomic E-state index is 12.3. The van der Waals surface area contributed by atoms with Gasteiger partial charge in [0.2, 0.25) is 15.9 Å². The third-order valence-electron chi connectivity index (χ3n) is 2.98. The Bertz CT molecular complexity index is 837. The highest BCUT2D eigenvalue weighted by atomic mass is 79.9. The van der Waals surface area contributed by atoms with E-state index in [0.29, 0.717) is 15.7 Å². The van der Waals surface area contributed by atoms with Crippen LogP contribution in [-0.2, 0) is 14.8 Å². The van der Waals surface area contributed by atoms with E-state index in [2.05, 4.69) is 26.0 Å². The van der Waals surface area contributed by atoms with Crippen LogP contribution >= 0.6 is 39.1 Å². The Morgan fingerprint density at radius 1 is 1.08 bits per heavy atom. The highest BCUT2D eigenvalue weighted by Gasteiger charge is 2.22. The summed E-state index contributed by atoms with van der Waals surface area (Å²) in [5.41, 5.74) is 0.382. The van der Waals surface area contributed by atoms with Crippen LogP contribution in [0.1, 0.15) is 6.92 Å². The summed E-state index contributed by atoms with van der Waals surface area (Å²) in [6.07, 6.45) is 0. The summed E-state index contributed by atoms with van der Waals surface area (Å²) in [5.74, 6) is -0.533. The predicted molar refractivity (Wildman–Crippen MR) is 99.0 cm³/mol. The lowest BCUT2D eigenvalue weighted by molar-refractivity contribution is -0.117. The van der Waals surface area contributed by atoms with Crippen LogP contribution in [0.4, 0.5) is 5.69 Å². The minimum Gasteiger partial charge on any atom is -0.325 e. The maximum Gasteiger partial charge on any atom is 0.242 e. The number of hydrogen-bond donors (Lipinski definition) is 2. The van der Waals surface area contributed by atoms with E-state index in [1.165, 1.54) is 37.3 Å². The summed E-state index contributed by atoms with van der Waals surface area (Å²) in [7, 11) is -3.81. The van der Waals surface area contributed by atoms with Crippen LogP contribution < -0.4 is 10.0 Å². The number of sulfonamides is 1. The van der Waals surface area contributed by atoms with Crippen LogP contribution in [0.15, 0.2) is 51.8 Å². The van der Waals surface area contributed by atoms with Crippen LogP contribution in [0.5, 0.6) is 0 Å². The Hall–Kier alpha value is -1.12. The average Bonchev–Trinajstić information content (AvgIpc) is 2.46. The second-order valence-electron chi connectivity index (χ2n) is 4.94. The van der Waals surface area contributed by atoms with Gasteiger partial charge in [-0.05, 0) is 49.4 Å². The van der Waals surface area contributed by atoms with Gasteiger partial charge in [0.15, 0.2) is 0 Å². The van der Waals surface area contributed by atoms with Gasteiger partial charge in [0.25, 0.3) is 0 Å². The summed E-state index contributed by atoms with van der Waals surface area (Å²) < 4.78 is 27.6. The van der Waals surface area contributed by atoms with Crippen molar-refractivity contribution in [1.29, 1.82) is 0 Å². The molecular weight excluding hydrogens is 439 g/mol. The molecule has 1 unspecified atom stereocenters. The smallest absolute Gasteiger partial charge is 0.242 e. The Balaban J connectivity index is 2.09. The molecule has 24 heavy (non-hydrogen) atoms. The molecule has 0 aliphatic carbocycles. The summed E-state index contributed by atoms with van der Waals surface area (Å²) in [4.78, 5) is 12.2. The van der Waals surface area contributed by atoms with Gasteiger partial charge in [-0.25, -0.2) is 8.42 Å². The first kappa shape index (κ1) is 19.2. The van der Waals surface area contributed by atoms with Crippen molar-refractivity contribution in [2.24, 2.45) is 0 Å². The van der Waals surface area contributed by atoms with Gasteiger partial charge in [0, 0.05) is 20.2 Å². The van der Waals surface area contributed by atoms with Gasteiger partial charge in [-0.15, -0.1) is 0 Å². The number of amides is 1. The zero-order chi connectivity index (χ0) is 17.9. The van der Waals surface area contributed by atoms with Crippen molar-refractivity contribution in [3.05, 3.63) is 57.0 Å². The Labute approximate surface area is 158 Å². The number of halogens is 3. The van der Waals surface area contributed by atoms with Gasteiger partial charge in [-0.1, -0.05) is 39.1 Å². The fourth-order valence-corrected chi connectivity index (χ4v) is 3.84. The molecule has 9 heteroatoms. The van der Waals surface area contributed by atoms with Gasteiger partial charge in [-0.2, -0.15) is 4.72 Å². The summed E-state index contributed by atoms with van der Waals surface area (Å²) in [6, 6.07) is 9.65. The second-order valence-corrected chi connectivity index (χ2v) is 8.45. The zero-order valence-corrected chi connectivity index (χ0v) is 16.3. The molecule has 2 aromatic rings. The van der Waals surface area contributed by atoms with Crippen molar-refractivity contribution in [2.75, 3.05) is 5.32 Å². The summed E-state index contributed by atoms with van der Waals surface area (Å²) in [5, 5.41) is 3.29. The molecule has 0 spiro atoms. The Morgan fingerprint density at radius 3 is 2.17 bits per heavy atom. The monoisotopic (exact) mass is 450 g/mol. The SMILES string of the molecule is CC(NS(=O)(=O)c1ccc(Br)cc1)C(=O)Nc1cc(Cl)cc(Cl)c1. The van der Waals surface area contributed by atoms with Gasteiger partial charge in [0.05, 0.1) is 10.9 Å². The summed E-state index contributed by atoms with van der Waals surface area (Å²) in [6.45, 7) is 1.44. The highest BCUT2D eigenvalue weighted by molar-refractivity contribution is 9.10. The topological polar surface area (TPSA) is 75.3 Å². The number of hydrogen-bond acceptors (Lipinski definition) is 3. The highest BCUT2D eigenvalue weighted by Crippen LogP contribution is 2.22. The van der Waals surface area contributed by atoms with Crippen LogP contribution in [-0.4, -0.2) is 20.4 Å². The van der Waals surface area contributed by atoms with Crippen molar-refractivity contribution >= 4 is 60.7 Å². The summed E-state index contributed by atoms with van der Waals surface area (Å²) >= 11 is 15.0. The number of carbonyl (C=O) groups is 1. The standard InChI is InChI=1S/C15H13BrCl2N2O3S/c1-9(15(21)19-13-7-11(17)6-12(18)8-13)20-24(22,23)14-4-2-10(16)3-5-14/h2-9,20H,1H3,(H,19,21). The zero-order valence-electron chi connectivity index (χ0n) is 12.4. The number of benzene rings is 2. The first-order chi connectivity index (χ1) is 11.2. The molecule has 1 atom stereocenters. The van der Waals surface area contributed by atoms with E-state index >= 15 is 0 Å². The fraction of sp³-hybridized carbons (Fsp3) is 0.133. The number of carbonyl (C=O) groups excluding carboxylic acids is 1. The average molecular weight is 452 g/mol. The van der Waals surface area contributed by atoms with Gasteiger partial charge in [0.1, 0.15) is 0 Å². The van der Waals surface area contributed by atoms with Crippen LogP contribution in [0.2, 0.25) is 10.0 Å². The molecule has 128 valence electrons. The lowest BCUT2D eigenvalue weighted by atomic mass is 10.3. The van der Waals surface area contributed by atoms with E-state index in [-0.39, 0.29) is 4.90 Å². The number of anilines is 1. The lowest BCUT2D eigenvalue weighted by Crippen LogP contribution is -2.41. The van der Waals surface area contributed by atoms with Gasteiger partial charge in [-0.3, -0.25) is 4.79 Å². The molecule has 1 amide bonds. The molecule has 0 radical (unpaired) electrons. The largest absolute Gasteiger partial charge is 0.325 e. The molecule has 0 aliphatic heterocycles. The van der Waals surface area contributed by atoms with Gasteiger partial charge >= 0.3 is 0 Å². The van der Waals surface area contributed by atoms with Crippen molar-refractivity contribution < 1.29 is 13.2 Å². The third kappa shape index (κ3) is 5.19. The predicted octanol–water partition coefficient (Wildman–Crippen LogP) is 4.06. The molecule has 0 saturated heterocycles. The van der Waals surface area contributed by atoms with Crippen molar-refractivity contribution in [3.8, 4) is 0 Å². The molecule has 2 N–H and O–H groups in total. The molecule has 0 aliphatic rings. The quantitative estimate of drug-likeness (QED) is 0.719. The molecule has 0 heterocycles. The number of rotatable bonds is 5. The van der Waals surface area contributed by atoms with Crippen molar-refractivity contribution in [2.45, 2.75) is 17.9 Å². The first-order valence-corrected chi connectivity index (χ1v) is 9.75. The van der Waals surface area contributed by atoms with E-state index in [1.54, 1.807) is 12.1 Å².